The lowest BCUT2D eigenvalue weighted by atomic mass is 9.68. The first-order chi connectivity index (χ1) is 10.6. The van der Waals surface area contributed by atoms with Gasteiger partial charge in [-0.25, -0.2) is 4.79 Å². The van der Waals surface area contributed by atoms with Gasteiger partial charge in [0.25, 0.3) is 0 Å². The van der Waals surface area contributed by atoms with Crippen LogP contribution in [0, 0.1) is 0 Å². The molecule has 0 radical (unpaired) electrons. The molecule has 3 unspecified atom stereocenters. The molecule has 3 atom stereocenters. The molecule has 4 rings (SSSR count). The van der Waals surface area contributed by atoms with Crippen LogP contribution in [0.2, 0.25) is 0 Å². The van der Waals surface area contributed by atoms with Gasteiger partial charge in [0.05, 0.1) is 11.6 Å². The van der Waals surface area contributed by atoms with E-state index in [-0.39, 0.29) is 24.2 Å². The molecule has 3 aliphatic heterocycles. The number of ether oxygens (including phenoxy) is 2. The van der Waals surface area contributed by atoms with Crippen molar-refractivity contribution < 1.29 is 19.4 Å². The SMILES string of the molecule is COC1CC=C2CCN3CCCC4(O)COC(=O)C=C4C23C1. The van der Waals surface area contributed by atoms with Crippen LogP contribution in [-0.2, 0) is 14.3 Å². The lowest BCUT2D eigenvalue weighted by Crippen LogP contribution is -2.56. The van der Waals surface area contributed by atoms with Crippen LogP contribution in [0.15, 0.2) is 23.3 Å². The fourth-order valence-corrected chi connectivity index (χ4v) is 4.84. The largest absolute Gasteiger partial charge is 0.459 e. The van der Waals surface area contributed by atoms with Crippen molar-refractivity contribution in [3.8, 4) is 0 Å². The van der Waals surface area contributed by atoms with Crippen molar-refractivity contribution in [3.05, 3.63) is 23.3 Å². The highest BCUT2D eigenvalue weighted by atomic mass is 16.5. The Hall–Kier alpha value is -1.17. The fourth-order valence-electron chi connectivity index (χ4n) is 4.84. The number of rotatable bonds is 1. The Morgan fingerprint density at radius 1 is 1.45 bits per heavy atom. The number of cyclic esters (lactones) is 1. The van der Waals surface area contributed by atoms with Crippen LogP contribution in [0.5, 0.6) is 0 Å². The second-order valence-electron chi connectivity index (χ2n) is 6.93. The Kier molecular flexibility index (Phi) is 3.22. The van der Waals surface area contributed by atoms with Crippen LogP contribution in [0.3, 0.4) is 0 Å². The zero-order valence-corrected chi connectivity index (χ0v) is 13.0. The number of nitrogens with zero attached hydrogens (tertiary/aromatic N) is 1. The van der Waals surface area contributed by atoms with Gasteiger partial charge in [-0.2, -0.15) is 0 Å². The van der Waals surface area contributed by atoms with Gasteiger partial charge in [0.15, 0.2) is 0 Å². The van der Waals surface area contributed by atoms with E-state index in [2.05, 4.69) is 11.0 Å². The first kappa shape index (κ1) is 14.4. The van der Waals surface area contributed by atoms with Gasteiger partial charge in [0.1, 0.15) is 12.2 Å². The highest BCUT2D eigenvalue weighted by Gasteiger charge is 2.58. The zero-order valence-electron chi connectivity index (χ0n) is 13.0. The number of carbonyl (C=O) groups excluding carboxylic acids is 1. The monoisotopic (exact) mass is 305 g/mol. The first-order valence-electron chi connectivity index (χ1n) is 8.18. The van der Waals surface area contributed by atoms with Gasteiger partial charge in [-0.05, 0) is 43.4 Å². The summed E-state index contributed by atoms with van der Waals surface area (Å²) in [5.41, 5.74) is 0.826. The summed E-state index contributed by atoms with van der Waals surface area (Å²) in [5, 5.41) is 11.2. The van der Waals surface area contributed by atoms with E-state index in [0.717, 1.165) is 44.3 Å². The van der Waals surface area contributed by atoms with Crippen LogP contribution in [-0.4, -0.2) is 60.0 Å². The maximum atomic E-state index is 11.9. The van der Waals surface area contributed by atoms with Crippen molar-refractivity contribution in [2.45, 2.75) is 49.3 Å². The number of hydrogen-bond donors (Lipinski definition) is 1. The number of methoxy groups -OCH3 is 1. The summed E-state index contributed by atoms with van der Waals surface area (Å²) >= 11 is 0. The topological polar surface area (TPSA) is 59.0 Å². The lowest BCUT2D eigenvalue weighted by Gasteiger charge is -2.48. The summed E-state index contributed by atoms with van der Waals surface area (Å²) in [7, 11) is 1.74. The molecule has 1 N–H and O–H groups in total. The molecule has 0 aromatic carbocycles. The van der Waals surface area contributed by atoms with E-state index in [0.29, 0.717) is 6.42 Å². The molecule has 5 heteroatoms. The quantitative estimate of drug-likeness (QED) is 0.582. The molecule has 1 spiro atoms. The zero-order chi connectivity index (χ0) is 15.4. The van der Waals surface area contributed by atoms with E-state index < -0.39 is 5.60 Å². The standard InChI is InChI=1S/C17H23NO4/c1-21-13-4-3-12-5-8-18-7-2-6-16(20)11-22-15(19)9-14(16)17(12,18)10-13/h3,9,13,20H,2,4-8,10-11H2,1H3. The van der Waals surface area contributed by atoms with Gasteiger partial charge >= 0.3 is 5.97 Å². The Balaban J connectivity index is 1.89. The molecule has 2 fully saturated rings. The third-order valence-electron chi connectivity index (χ3n) is 5.89. The van der Waals surface area contributed by atoms with Gasteiger partial charge < -0.3 is 14.6 Å². The van der Waals surface area contributed by atoms with E-state index in [9.17, 15) is 9.90 Å². The molecular weight excluding hydrogens is 282 g/mol. The van der Waals surface area contributed by atoms with E-state index in [1.165, 1.54) is 5.57 Å². The number of hydrogen-bond acceptors (Lipinski definition) is 5. The molecule has 4 aliphatic rings. The minimum absolute atomic E-state index is 0.0815. The van der Waals surface area contributed by atoms with Crippen LogP contribution in [0.4, 0.5) is 0 Å². The number of aliphatic hydroxyl groups is 1. The summed E-state index contributed by atoms with van der Waals surface area (Å²) in [6.07, 6.45) is 8.26. The molecule has 0 amide bonds. The smallest absolute Gasteiger partial charge is 0.331 e. The molecule has 120 valence electrons. The molecule has 3 heterocycles. The summed E-state index contributed by atoms with van der Waals surface area (Å²) in [4.78, 5) is 14.4. The van der Waals surface area contributed by atoms with Gasteiger partial charge in [0, 0.05) is 26.2 Å². The molecular formula is C17H23NO4. The van der Waals surface area contributed by atoms with Crippen LogP contribution < -0.4 is 0 Å². The van der Waals surface area contributed by atoms with E-state index >= 15 is 0 Å². The first-order valence-corrected chi connectivity index (χ1v) is 8.18. The molecule has 0 aromatic heterocycles. The third kappa shape index (κ3) is 1.85. The summed E-state index contributed by atoms with van der Waals surface area (Å²) in [6, 6.07) is 0. The van der Waals surface area contributed by atoms with Gasteiger partial charge in [-0.15, -0.1) is 0 Å². The highest BCUT2D eigenvalue weighted by Crippen LogP contribution is 2.53. The molecule has 22 heavy (non-hydrogen) atoms. The minimum Gasteiger partial charge on any atom is -0.459 e. The number of esters is 1. The van der Waals surface area contributed by atoms with Crippen LogP contribution in [0.1, 0.15) is 32.1 Å². The second kappa shape index (κ2) is 4.91. The van der Waals surface area contributed by atoms with Crippen LogP contribution >= 0.6 is 0 Å². The van der Waals surface area contributed by atoms with Gasteiger partial charge in [-0.3, -0.25) is 4.90 Å². The van der Waals surface area contributed by atoms with E-state index in [1.54, 1.807) is 13.2 Å². The number of fused-ring (bicyclic) bond motifs is 1. The average Bonchev–Trinajstić information content (AvgIpc) is 2.83. The average molecular weight is 305 g/mol. The van der Waals surface area contributed by atoms with Gasteiger partial charge in [-0.1, -0.05) is 6.08 Å². The van der Waals surface area contributed by atoms with Crippen molar-refractivity contribution in [3.63, 3.8) is 0 Å². The van der Waals surface area contributed by atoms with Gasteiger partial charge in [0.2, 0.25) is 0 Å². The molecule has 2 saturated heterocycles. The maximum Gasteiger partial charge on any atom is 0.331 e. The predicted molar refractivity (Wildman–Crippen MR) is 80.3 cm³/mol. The molecule has 0 aromatic rings. The summed E-state index contributed by atoms with van der Waals surface area (Å²) in [6.45, 7) is 2.02. The summed E-state index contributed by atoms with van der Waals surface area (Å²) < 4.78 is 10.8. The van der Waals surface area contributed by atoms with E-state index in [1.807, 2.05) is 0 Å². The van der Waals surface area contributed by atoms with Crippen molar-refractivity contribution in [2.24, 2.45) is 0 Å². The predicted octanol–water partition coefficient (Wildman–Crippen LogP) is 1.17. The number of carbonyl (C=O) groups is 1. The second-order valence-corrected chi connectivity index (χ2v) is 6.93. The van der Waals surface area contributed by atoms with Crippen molar-refractivity contribution in [1.82, 2.24) is 4.90 Å². The van der Waals surface area contributed by atoms with Crippen molar-refractivity contribution in [1.29, 1.82) is 0 Å². The van der Waals surface area contributed by atoms with Crippen LogP contribution in [0.25, 0.3) is 0 Å². The Labute approximate surface area is 130 Å². The normalized spacial score (nSPS) is 41.5. The molecule has 1 aliphatic carbocycles. The van der Waals surface area contributed by atoms with Crippen molar-refractivity contribution in [2.75, 3.05) is 26.8 Å². The van der Waals surface area contributed by atoms with E-state index in [4.69, 9.17) is 9.47 Å². The molecule has 0 bridgehead atoms. The Morgan fingerprint density at radius 2 is 2.32 bits per heavy atom. The fraction of sp³-hybridized carbons (Fsp3) is 0.706. The molecule has 5 nitrogen and oxygen atoms in total. The Bertz CT molecular complexity index is 569. The maximum absolute atomic E-state index is 11.9. The third-order valence-corrected chi connectivity index (χ3v) is 5.89. The lowest BCUT2D eigenvalue weighted by molar-refractivity contribution is -0.148. The highest BCUT2D eigenvalue weighted by molar-refractivity contribution is 5.85. The van der Waals surface area contributed by atoms with Crippen molar-refractivity contribution >= 4 is 5.97 Å². The minimum atomic E-state index is -1.03. The molecule has 0 saturated carbocycles. The Morgan fingerprint density at radius 3 is 3.14 bits per heavy atom. The summed E-state index contributed by atoms with van der Waals surface area (Å²) in [5.74, 6) is -0.332.